The fraction of sp³-hybridized carbons (Fsp3) is 0.526. The molecule has 0 fully saturated rings. The number of hydrogen-bond acceptors (Lipinski definition) is 2. The summed E-state index contributed by atoms with van der Waals surface area (Å²) in [6.07, 6.45) is 19.0. The van der Waals surface area contributed by atoms with Gasteiger partial charge in [-0.05, 0) is 59.7 Å². The van der Waals surface area contributed by atoms with Crippen LogP contribution in [0, 0.1) is 0 Å². The normalized spacial score (nSPS) is 12.0. The molecule has 0 radical (unpaired) electrons. The average Bonchev–Trinajstić information content (AvgIpc) is 3.00. The molecule has 0 heterocycles. The van der Waals surface area contributed by atoms with E-state index >= 15 is 0 Å². The van der Waals surface area contributed by atoms with Crippen LogP contribution in [0.1, 0.15) is 122 Å². The van der Waals surface area contributed by atoms with Crippen LogP contribution in [0.2, 0.25) is 0 Å². The van der Waals surface area contributed by atoms with Crippen molar-refractivity contribution in [2.24, 2.45) is 0 Å². The molecule has 0 amide bonds. The largest absolute Gasteiger partial charge is 0.494 e. The van der Waals surface area contributed by atoms with Gasteiger partial charge in [0.2, 0.25) is 0 Å². The van der Waals surface area contributed by atoms with Crippen LogP contribution in [0.3, 0.4) is 0 Å². The van der Waals surface area contributed by atoms with Crippen LogP contribution in [0.4, 0.5) is 0 Å². The Kier molecular flexibility index (Phi) is 15.6. The lowest BCUT2D eigenvalue weighted by Crippen LogP contribution is -2.00. The minimum absolute atomic E-state index is 0.122. The molecule has 0 N–H and O–H groups in total. The molecule has 3 aromatic rings. The van der Waals surface area contributed by atoms with E-state index in [1.54, 1.807) is 0 Å². The van der Waals surface area contributed by atoms with Gasteiger partial charge in [0.1, 0.15) is 5.75 Å². The van der Waals surface area contributed by atoms with Crippen molar-refractivity contribution in [2.45, 2.75) is 117 Å². The van der Waals surface area contributed by atoms with Crippen LogP contribution in [-0.4, -0.2) is 13.2 Å². The van der Waals surface area contributed by atoms with Crippen molar-refractivity contribution in [1.29, 1.82) is 0 Å². The smallest absolute Gasteiger partial charge is 0.119 e. The summed E-state index contributed by atoms with van der Waals surface area (Å²) in [4.78, 5) is 0. The predicted molar refractivity (Wildman–Crippen MR) is 173 cm³/mol. The second kappa shape index (κ2) is 19.5. The Bertz CT molecular complexity index is 1040. The third-order valence-corrected chi connectivity index (χ3v) is 7.87. The van der Waals surface area contributed by atoms with Crippen LogP contribution in [0.25, 0.3) is 22.3 Å². The molecule has 0 spiro atoms. The van der Waals surface area contributed by atoms with Gasteiger partial charge in [0.15, 0.2) is 0 Å². The number of hydrogen-bond donors (Lipinski definition) is 0. The van der Waals surface area contributed by atoms with Gasteiger partial charge < -0.3 is 9.47 Å². The standard InChI is InChI=1S/C38H54O2/c1-4-6-7-8-9-10-11-12-13-14-15-16-19-31-40-36-28-26-35(27-29-36)38-21-18-17-20-37(38)34-24-22-33(23-25-34)32(3)39-30-5-2/h17-18,20-29,32H,4-16,19,30-31H2,1-3H3. The first-order valence-electron chi connectivity index (χ1n) is 16.3. The van der Waals surface area contributed by atoms with Crippen molar-refractivity contribution < 1.29 is 9.47 Å². The molecule has 2 nitrogen and oxygen atoms in total. The first-order chi connectivity index (χ1) is 19.7. The van der Waals surface area contributed by atoms with Gasteiger partial charge in [0, 0.05) is 6.61 Å². The van der Waals surface area contributed by atoms with E-state index in [1.807, 2.05) is 0 Å². The topological polar surface area (TPSA) is 18.5 Å². The second-order valence-electron chi connectivity index (χ2n) is 11.3. The van der Waals surface area contributed by atoms with E-state index in [4.69, 9.17) is 9.47 Å². The van der Waals surface area contributed by atoms with Gasteiger partial charge >= 0.3 is 0 Å². The highest BCUT2D eigenvalue weighted by atomic mass is 16.5. The summed E-state index contributed by atoms with van der Waals surface area (Å²) in [5.74, 6) is 0.964. The Morgan fingerprint density at radius 2 is 0.975 bits per heavy atom. The molecule has 0 bridgehead atoms. The molecule has 40 heavy (non-hydrogen) atoms. The Labute approximate surface area is 245 Å². The average molecular weight is 543 g/mol. The second-order valence-corrected chi connectivity index (χ2v) is 11.3. The van der Waals surface area contributed by atoms with Crippen LogP contribution >= 0.6 is 0 Å². The molecule has 0 aliphatic carbocycles. The summed E-state index contributed by atoms with van der Waals surface area (Å²) < 4.78 is 12.0. The van der Waals surface area contributed by atoms with E-state index in [2.05, 4.69) is 93.6 Å². The minimum Gasteiger partial charge on any atom is -0.494 e. The quantitative estimate of drug-likeness (QED) is 0.125. The van der Waals surface area contributed by atoms with Gasteiger partial charge in [0.25, 0.3) is 0 Å². The Morgan fingerprint density at radius 3 is 1.48 bits per heavy atom. The van der Waals surface area contributed by atoms with Crippen LogP contribution < -0.4 is 4.74 Å². The first-order valence-corrected chi connectivity index (χ1v) is 16.3. The highest BCUT2D eigenvalue weighted by Gasteiger charge is 2.10. The van der Waals surface area contributed by atoms with Crippen molar-refractivity contribution >= 4 is 0 Å². The molecule has 1 atom stereocenters. The highest BCUT2D eigenvalue weighted by molar-refractivity contribution is 5.83. The summed E-state index contributed by atoms with van der Waals surface area (Å²) >= 11 is 0. The number of unbranched alkanes of at least 4 members (excludes halogenated alkanes) is 12. The van der Waals surface area contributed by atoms with Crippen LogP contribution in [0.15, 0.2) is 72.8 Å². The highest BCUT2D eigenvalue weighted by Crippen LogP contribution is 2.33. The fourth-order valence-corrected chi connectivity index (χ4v) is 5.35. The maximum absolute atomic E-state index is 6.06. The number of ether oxygens (including phenoxy) is 2. The van der Waals surface area contributed by atoms with E-state index in [1.165, 1.54) is 105 Å². The van der Waals surface area contributed by atoms with Crippen molar-refractivity contribution in [1.82, 2.24) is 0 Å². The summed E-state index contributed by atoms with van der Waals surface area (Å²) in [7, 11) is 0. The zero-order valence-corrected chi connectivity index (χ0v) is 25.6. The molecule has 0 aliphatic rings. The lowest BCUT2D eigenvalue weighted by atomic mass is 9.94. The van der Waals surface area contributed by atoms with Crippen molar-refractivity contribution in [2.75, 3.05) is 13.2 Å². The summed E-state index contributed by atoms with van der Waals surface area (Å²) in [6, 6.07) is 26.1. The molecule has 3 rings (SSSR count). The number of benzene rings is 3. The molecule has 3 aromatic carbocycles. The van der Waals surface area contributed by atoms with Gasteiger partial charge in [0.05, 0.1) is 12.7 Å². The van der Waals surface area contributed by atoms with Crippen molar-refractivity contribution in [3.63, 3.8) is 0 Å². The van der Waals surface area contributed by atoms with Gasteiger partial charge in [-0.15, -0.1) is 0 Å². The van der Waals surface area contributed by atoms with E-state index < -0.39 is 0 Å². The SMILES string of the molecule is CCCCCCCCCCCCCCCOc1ccc(-c2ccccc2-c2ccc(C(C)OCCC)cc2)cc1. The molecule has 2 heteroatoms. The molecular formula is C38H54O2. The Hall–Kier alpha value is -2.58. The first kappa shape index (κ1) is 31.9. The van der Waals surface area contributed by atoms with Gasteiger partial charge in [-0.3, -0.25) is 0 Å². The lowest BCUT2D eigenvalue weighted by Gasteiger charge is -2.15. The summed E-state index contributed by atoms with van der Waals surface area (Å²) in [5.41, 5.74) is 6.16. The minimum atomic E-state index is 0.122. The fourth-order valence-electron chi connectivity index (χ4n) is 5.35. The van der Waals surface area contributed by atoms with E-state index in [0.717, 1.165) is 31.8 Å². The van der Waals surface area contributed by atoms with E-state index in [-0.39, 0.29) is 6.10 Å². The van der Waals surface area contributed by atoms with Crippen molar-refractivity contribution in [3.05, 3.63) is 78.4 Å². The maximum Gasteiger partial charge on any atom is 0.119 e. The third kappa shape index (κ3) is 11.5. The zero-order chi connectivity index (χ0) is 28.3. The Morgan fingerprint density at radius 1 is 0.500 bits per heavy atom. The molecule has 1 unspecified atom stereocenters. The predicted octanol–water partition coefficient (Wildman–Crippen LogP) is 12.0. The Balaban J connectivity index is 1.37. The van der Waals surface area contributed by atoms with Gasteiger partial charge in [-0.2, -0.15) is 0 Å². The molecule has 0 saturated heterocycles. The molecule has 0 saturated carbocycles. The monoisotopic (exact) mass is 542 g/mol. The van der Waals surface area contributed by atoms with E-state index in [9.17, 15) is 0 Å². The summed E-state index contributed by atoms with van der Waals surface area (Å²) in [5, 5.41) is 0. The van der Waals surface area contributed by atoms with E-state index in [0.29, 0.717) is 0 Å². The maximum atomic E-state index is 6.06. The van der Waals surface area contributed by atoms with Gasteiger partial charge in [-0.25, -0.2) is 0 Å². The van der Waals surface area contributed by atoms with Gasteiger partial charge in [-0.1, -0.05) is 152 Å². The lowest BCUT2D eigenvalue weighted by molar-refractivity contribution is 0.0663. The number of rotatable bonds is 21. The van der Waals surface area contributed by atoms with Crippen molar-refractivity contribution in [3.8, 4) is 28.0 Å². The molecule has 218 valence electrons. The molecule has 0 aliphatic heterocycles. The van der Waals surface area contributed by atoms with Crippen LogP contribution in [-0.2, 0) is 4.74 Å². The third-order valence-electron chi connectivity index (χ3n) is 7.87. The zero-order valence-electron chi connectivity index (χ0n) is 25.6. The van der Waals surface area contributed by atoms with Crippen LogP contribution in [0.5, 0.6) is 5.75 Å². The summed E-state index contributed by atoms with van der Waals surface area (Å²) in [6.45, 7) is 8.16. The molecular weight excluding hydrogens is 488 g/mol. The molecule has 0 aromatic heterocycles.